The Morgan fingerprint density at radius 2 is 1.69 bits per heavy atom. The van der Waals surface area contributed by atoms with Crippen molar-refractivity contribution in [2.24, 2.45) is 0 Å². The van der Waals surface area contributed by atoms with Crippen LogP contribution in [-0.2, 0) is 11.3 Å². The van der Waals surface area contributed by atoms with Gasteiger partial charge in [0.05, 0.1) is 0 Å². The summed E-state index contributed by atoms with van der Waals surface area (Å²) in [5, 5.41) is 8.19. The molecule has 2 aromatic rings. The van der Waals surface area contributed by atoms with E-state index in [0.29, 0.717) is 36.9 Å². The Kier molecular flexibility index (Phi) is 5.92. The summed E-state index contributed by atoms with van der Waals surface area (Å²) in [5.41, 5.74) is 1.65. The number of fused-ring (bicyclic) bond motifs is 1. The molecule has 3 N–H and O–H groups in total. The van der Waals surface area contributed by atoms with Crippen LogP contribution in [-0.4, -0.2) is 31.7 Å². The zero-order chi connectivity index (χ0) is 18.2. The SMILES string of the molecule is O=C(CCNC(=O)NCc1ccccc1)Nc1ccc2c(c1)OCCO2. The fourth-order valence-electron chi connectivity index (χ4n) is 2.47. The maximum atomic E-state index is 12.0. The third-order valence-corrected chi connectivity index (χ3v) is 3.76. The number of anilines is 1. The molecule has 0 fully saturated rings. The number of urea groups is 1. The van der Waals surface area contributed by atoms with Crippen molar-refractivity contribution in [1.82, 2.24) is 10.6 Å². The van der Waals surface area contributed by atoms with Crippen LogP contribution in [0.1, 0.15) is 12.0 Å². The highest BCUT2D eigenvalue weighted by Crippen LogP contribution is 2.32. The average molecular weight is 355 g/mol. The summed E-state index contributed by atoms with van der Waals surface area (Å²) < 4.78 is 10.9. The number of ether oxygens (including phenoxy) is 2. The predicted molar refractivity (Wildman–Crippen MR) is 97.4 cm³/mol. The van der Waals surface area contributed by atoms with Gasteiger partial charge in [0.1, 0.15) is 13.2 Å². The van der Waals surface area contributed by atoms with Gasteiger partial charge in [0.2, 0.25) is 5.91 Å². The van der Waals surface area contributed by atoms with E-state index >= 15 is 0 Å². The van der Waals surface area contributed by atoms with Crippen molar-refractivity contribution in [2.75, 3.05) is 25.1 Å². The molecule has 3 amide bonds. The van der Waals surface area contributed by atoms with Crippen LogP contribution in [0.15, 0.2) is 48.5 Å². The van der Waals surface area contributed by atoms with Gasteiger partial charge in [0.25, 0.3) is 0 Å². The first kappa shape index (κ1) is 17.6. The van der Waals surface area contributed by atoms with E-state index in [1.807, 2.05) is 30.3 Å². The normalized spacial score (nSPS) is 12.2. The van der Waals surface area contributed by atoms with E-state index in [0.717, 1.165) is 5.56 Å². The molecule has 2 aromatic carbocycles. The molecule has 3 rings (SSSR count). The fraction of sp³-hybridized carbons (Fsp3) is 0.263. The van der Waals surface area contributed by atoms with Crippen LogP contribution in [0.3, 0.4) is 0 Å². The van der Waals surface area contributed by atoms with Crippen molar-refractivity contribution in [3.8, 4) is 11.5 Å². The second kappa shape index (κ2) is 8.75. The van der Waals surface area contributed by atoms with E-state index in [1.54, 1.807) is 18.2 Å². The molecule has 0 unspecified atom stereocenters. The van der Waals surface area contributed by atoms with Gasteiger partial charge in [-0.15, -0.1) is 0 Å². The van der Waals surface area contributed by atoms with Crippen molar-refractivity contribution in [3.05, 3.63) is 54.1 Å². The van der Waals surface area contributed by atoms with Crippen molar-refractivity contribution < 1.29 is 19.1 Å². The van der Waals surface area contributed by atoms with E-state index in [2.05, 4.69) is 16.0 Å². The minimum Gasteiger partial charge on any atom is -0.486 e. The highest BCUT2D eigenvalue weighted by atomic mass is 16.6. The van der Waals surface area contributed by atoms with Crippen LogP contribution in [0.25, 0.3) is 0 Å². The maximum Gasteiger partial charge on any atom is 0.315 e. The Labute approximate surface area is 151 Å². The van der Waals surface area contributed by atoms with Crippen LogP contribution in [0.4, 0.5) is 10.5 Å². The lowest BCUT2D eigenvalue weighted by Gasteiger charge is -2.19. The van der Waals surface area contributed by atoms with Crippen LogP contribution in [0, 0.1) is 0 Å². The van der Waals surface area contributed by atoms with Crippen molar-refractivity contribution >= 4 is 17.6 Å². The van der Waals surface area contributed by atoms with Gasteiger partial charge in [-0.05, 0) is 17.7 Å². The highest BCUT2D eigenvalue weighted by Gasteiger charge is 2.12. The molecule has 0 spiro atoms. The van der Waals surface area contributed by atoms with E-state index in [1.165, 1.54) is 0 Å². The molecular formula is C19H21N3O4. The number of hydrogen-bond acceptors (Lipinski definition) is 4. The summed E-state index contributed by atoms with van der Waals surface area (Å²) in [4.78, 5) is 23.7. The third-order valence-electron chi connectivity index (χ3n) is 3.76. The quantitative estimate of drug-likeness (QED) is 0.742. The number of rotatable bonds is 6. The average Bonchev–Trinajstić information content (AvgIpc) is 2.67. The van der Waals surface area contributed by atoms with Gasteiger partial charge in [0, 0.05) is 31.3 Å². The molecule has 7 heteroatoms. The smallest absolute Gasteiger partial charge is 0.315 e. The molecule has 1 aliphatic rings. The van der Waals surface area contributed by atoms with Gasteiger partial charge in [-0.25, -0.2) is 4.79 Å². The number of amides is 3. The monoisotopic (exact) mass is 355 g/mol. The lowest BCUT2D eigenvalue weighted by Crippen LogP contribution is -2.36. The van der Waals surface area contributed by atoms with E-state index < -0.39 is 0 Å². The zero-order valence-electron chi connectivity index (χ0n) is 14.3. The zero-order valence-corrected chi connectivity index (χ0v) is 14.3. The second-order valence-electron chi connectivity index (χ2n) is 5.75. The predicted octanol–water partition coefficient (Wildman–Crippen LogP) is 2.29. The largest absolute Gasteiger partial charge is 0.486 e. The summed E-state index contributed by atoms with van der Waals surface area (Å²) >= 11 is 0. The van der Waals surface area contributed by atoms with Crippen LogP contribution < -0.4 is 25.4 Å². The molecule has 136 valence electrons. The first-order chi connectivity index (χ1) is 12.7. The van der Waals surface area contributed by atoms with Crippen LogP contribution >= 0.6 is 0 Å². The maximum absolute atomic E-state index is 12.0. The second-order valence-corrected chi connectivity index (χ2v) is 5.75. The van der Waals surface area contributed by atoms with Crippen molar-refractivity contribution in [3.63, 3.8) is 0 Å². The topological polar surface area (TPSA) is 88.7 Å². The van der Waals surface area contributed by atoms with E-state index in [9.17, 15) is 9.59 Å². The molecule has 0 saturated carbocycles. The highest BCUT2D eigenvalue weighted by molar-refractivity contribution is 5.91. The first-order valence-corrected chi connectivity index (χ1v) is 8.46. The fourth-order valence-corrected chi connectivity index (χ4v) is 2.47. The third kappa shape index (κ3) is 5.14. The van der Waals surface area contributed by atoms with Crippen LogP contribution in [0.5, 0.6) is 11.5 Å². The van der Waals surface area contributed by atoms with Gasteiger partial charge in [0.15, 0.2) is 11.5 Å². The summed E-state index contributed by atoms with van der Waals surface area (Å²) in [5.74, 6) is 1.10. The van der Waals surface area contributed by atoms with Crippen molar-refractivity contribution in [2.45, 2.75) is 13.0 Å². The molecule has 0 saturated heterocycles. The molecule has 0 bridgehead atoms. The Morgan fingerprint density at radius 1 is 0.923 bits per heavy atom. The Morgan fingerprint density at radius 3 is 2.50 bits per heavy atom. The van der Waals surface area contributed by atoms with Crippen LogP contribution in [0.2, 0.25) is 0 Å². The molecule has 1 aliphatic heterocycles. The molecule has 0 aliphatic carbocycles. The Hall–Kier alpha value is -3.22. The summed E-state index contributed by atoms with van der Waals surface area (Å²) in [6, 6.07) is 14.6. The minimum atomic E-state index is -0.305. The van der Waals surface area contributed by atoms with Gasteiger partial charge < -0.3 is 25.4 Å². The number of carbonyl (C=O) groups is 2. The number of nitrogens with one attached hydrogen (secondary N) is 3. The van der Waals surface area contributed by atoms with Crippen molar-refractivity contribution in [1.29, 1.82) is 0 Å². The minimum absolute atomic E-state index is 0.174. The summed E-state index contributed by atoms with van der Waals surface area (Å²) in [6.07, 6.45) is 0.174. The molecule has 26 heavy (non-hydrogen) atoms. The molecule has 0 radical (unpaired) electrons. The standard InChI is InChI=1S/C19H21N3O4/c23-18(22-15-6-7-16-17(12-15)26-11-10-25-16)8-9-20-19(24)21-13-14-4-2-1-3-5-14/h1-7,12H,8-11,13H2,(H,22,23)(H2,20,21,24). The van der Waals surface area contributed by atoms with E-state index in [4.69, 9.17) is 9.47 Å². The summed E-state index contributed by atoms with van der Waals surface area (Å²) in [7, 11) is 0. The molecule has 7 nitrogen and oxygen atoms in total. The number of hydrogen-bond donors (Lipinski definition) is 3. The van der Waals surface area contributed by atoms with E-state index in [-0.39, 0.29) is 24.9 Å². The Balaban J connectivity index is 1.37. The summed E-state index contributed by atoms with van der Waals surface area (Å²) in [6.45, 7) is 1.70. The van der Waals surface area contributed by atoms with Gasteiger partial charge in [-0.1, -0.05) is 30.3 Å². The van der Waals surface area contributed by atoms with Gasteiger partial charge in [-0.3, -0.25) is 4.79 Å². The number of carbonyl (C=O) groups excluding carboxylic acids is 2. The molecule has 1 heterocycles. The Bertz CT molecular complexity index is 765. The molecule has 0 aromatic heterocycles. The molecule has 0 atom stereocenters. The molecular weight excluding hydrogens is 334 g/mol. The lowest BCUT2D eigenvalue weighted by molar-refractivity contribution is -0.116. The number of benzene rings is 2. The van der Waals surface area contributed by atoms with Gasteiger partial charge >= 0.3 is 6.03 Å². The lowest BCUT2D eigenvalue weighted by atomic mass is 10.2. The van der Waals surface area contributed by atoms with Gasteiger partial charge in [-0.2, -0.15) is 0 Å². The first-order valence-electron chi connectivity index (χ1n) is 8.46.